The Balaban J connectivity index is 2.32. The molecule has 0 bridgehead atoms. The van der Waals surface area contributed by atoms with Gasteiger partial charge in [0, 0.05) is 5.56 Å². The lowest BCUT2D eigenvalue weighted by molar-refractivity contribution is -0.134. The standard InChI is InChI=1S/C18H18O3/c1-13-4-8-15(9-5-13)17(12-18(19)20-3)21-16-10-6-14(2)7-11-16/h4-12H,1-3H3/b17-12+. The summed E-state index contributed by atoms with van der Waals surface area (Å²) in [5.41, 5.74) is 3.12. The van der Waals surface area contributed by atoms with Crippen LogP contribution in [0, 0.1) is 13.8 Å². The number of ether oxygens (including phenoxy) is 2. The predicted molar refractivity (Wildman–Crippen MR) is 83.0 cm³/mol. The van der Waals surface area contributed by atoms with Crippen molar-refractivity contribution in [1.82, 2.24) is 0 Å². The van der Waals surface area contributed by atoms with E-state index in [-0.39, 0.29) is 0 Å². The molecule has 0 N–H and O–H groups in total. The van der Waals surface area contributed by atoms with Gasteiger partial charge in [0.25, 0.3) is 0 Å². The number of benzene rings is 2. The van der Waals surface area contributed by atoms with Crippen LogP contribution < -0.4 is 4.74 Å². The first kappa shape index (κ1) is 14.9. The number of carbonyl (C=O) groups excluding carboxylic acids is 1. The van der Waals surface area contributed by atoms with Crippen molar-refractivity contribution in [1.29, 1.82) is 0 Å². The number of carbonyl (C=O) groups is 1. The molecule has 2 rings (SSSR count). The van der Waals surface area contributed by atoms with Gasteiger partial charge in [0.2, 0.25) is 0 Å². The van der Waals surface area contributed by atoms with Crippen LogP contribution >= 0.6 is 0 Å². The van der Waals surface area contributed by atoms with Crippen LogP contribution in [0.25, 0.3) is 5.76 Å². The molecule has 0 amide bonds. The van der Waals surface area contributed by atoms with Crippen molar-refractivity contribution in [3.63, 3.8) is 0 Å². The minimum Gasteiger partial charge on any atom is -0.466 e. The van der Waals surface area contributed by atoms with Gasteiger partial charge in [0.05, 0.1) is 13.2 Å². The summed E-state index contributed by atoms with van der Waals surface area (Å²) in [6.45, 7) is 4.02. The van der Waals surface area contributed by atoms with Crippen LogP contribution in [0.1, 0.15) is 16.7 Å². The Morgan fingerprint density at radius 3 is 1.95 bits per heavy atom. The van der Waals surface area contributed by atoms with Gasteiger partial charge in [-0.2, -0.15) is 0 Å². The van der Waals surface area contributed by atoms with Gasteiger partial charge < -0.3 is 9.47 Å². The van der Waals surface area contributed by atoms with Crippen LogP contribution in [0.4, 0.5) is 0 Å². The molecule has 2 aromatic rings. The van der Waals surface area contributed by atoms with Gasteiger partial charge in [-0.1, -0.05) is 47.5 Å². The topological polar surface area (TPSA) is 35.5 Å². The molecule has 2 aromatic carbocycles. The van der Waals surface area contributed by atoms with Crippen molar-refractivity contribution in [3.8, 4) is 5.75 Å². The Bertz CT molecular complexity index is 637. The molecule has 3 nitrogen and oxygen atoms in total. The highest BCUT2D eigenvalue weighted by Crippen LogP contribution is 2.22. The van der Waals surface area contributed by atoms with E-state index >= 15 is 0 Å². The first-order valence-corrected chi connectivity index (χ1v) is 6.69. The zero-order chi connectivity index (χ0) is 15.2. The minimum absolute atomic E-state index is 0.447. The monoisotopic (exact) mass is 282 g/mol. The number of hydrogen-bond acceptors (Lipinski definition) is 3. The van der Waals surface area contributed by atoms with Gasteiger partial charge in [-0.25, -0.2) is 4.79 Å². The van der Waals surface area contributed by atoms with Crippen molar-refractivity contribution in [2.75, 3.05) is 7.11 Å². The average molecular weight is 282 g/mol. The molecule has 0 spiro atoms. The molecule has 0 atom stereocenters. The number of rotatable bonds is 4. The molecule has 0 fully saturated rings. The maximum Gasteiger partial charge on any atom is 0.334 e. The molecule has 0 heterocycles. The second kappa shape index (κ2) is 6.75. The molecule has 108 valence electrons. The number of methoxy groups -OCH3 is 1. The van der Waals surface area contributed by atoms with E-state index in [2.05, 4.69) is 4.74 Å². The summed E-state index contributed by atoms with van der Waals surface area (Å²) < 4.78 is 10.5. The second-order valence-corrected chi connectivity index (χ2v) is 4.81. The zero-order valence-electron chi connectivity index (χ0n) is 12.4. The SMILES string of the molecule is COC(=O)/C=C(/Oc1ccc(C)cc1)c1ccc(C)cc1. The van der Waals surface area contributed by atoms with Gasteiger partial charge in [-0.05, 0) is 26.0 Å². The van der Waals surface area contributed by atoms with E-state index in [1.807, 2.05) is 62.4 Å². The van der Waals surface area contributed by atoms with Gasteiger partial charge >= 0.3 is 5.97 Å². The molecule has 21 heavy (non-hydrogen) atoms. The lowest BCUT2D eigenvalue weighted by Crippen LogP contribution is -2.02. The summed E-state index contributed by atoms with van der Waals surface area (Å²) in [5.74, 6) is 0.694. The van der Waals surface area contributed by atoms with Gasteiger partial charge in [-0.15, -0.1) is 0 Å². The van der Waals surface area contributed by atoms with E-state index in [0.717, 1.165) is 16.7 Å². The Kier molecular flexibility index (Phi) is 4.77. The normalized spacial score (nSPS) is 11.1. The zero-order valence-corrected chi connectivity index (χ0v) is 12.4. The highest BCUT2D eigenvalue weighted by molar-refractivity contribution is 5.90. The lowest BCUT2D eigenvalue weighted by Gasteiger charge is -2.11. The summed E-state index contributed by atoms with van der Waals surface area (Å²) in [6.07, 6.45) is 1.35. The van der Waals surface area contributed by atoms with Crippen molar-refractivity contribution in [2.45, 2.75) is 13.8 Å². The maximum absolute atomic E-state index is 11.5. The number of esters is 1. The van der Waals surface area contributed by atoms with Gasteiger partial charge in [0.15, 0.2) is 0 Å². The van der Waals surface area contributed by atoms with Crippen LogP contribution in [0.3, 0.4) is 0 Å². The fourth-order valence-corrected chi connectivity index (χ4v) is 1.79. The number of hydrogen-bond donors (Lipinski definition) is 0. The first-order valence-electron chi connectivity index (χ1n) is 6.69. The fourth-order valence-electron chi connectivity index (χ4n) is 1.79. The molecule has 3 heteroatoms. The molecular formula is C18H18O3. The van der Waals surface area contributed by atoms with Crippen LogP contribution in [0.2, 0.25) is 0 Å². The van der Waals surface area contributed by atoms with E-state index in [1.54, 1.807) is 0 Å². The molecule has 0 aliphatic heterocycles. The number of aryl methyl sites for hydroxylation is 2. The summed E-state index contributed by atoms with van der Waals surface area (Å²) in [5, 5.41) is 0. The second-order valence-electron chi connectivity index (χ2n) is 4.81. The summed E-state index contributed by atoms with van der Waals surface area (Å²) in [7, 11) is 1.34. The Morgan fingerprint density at radius 2 is 1.43 bits per heavy atom. The lowest BCUT2D eigenvalue weighted by atomic mass is 10.1. The van der Waals surface area contributed by atoms with Crippen LogP contribution in [-0.2, 0) is 9.53 Å². The molecule has 0 aliphatic rings. The molecule has 0 saturated heterocycles. The summed E-state index contributed by atoms with van der Waals surface area (Å²) >= 11 is 0. The molecule has 0 saturated carbocycles. The smallest absolute Gasteiger partial charge is 0.334 e. The molecule has 0 unspecified atom stereocenters. The van der Waals surface area contributed by atoms with E-state index in [1.165, 1.54) is 13.2 Å². The molecular weight excluding hydrogens is 264 g/mol. The highest BCUT2D eigenvalue weighted by Gasteiger charge is 2.08. The first-order chi connectivity index (χ1) is 10.1. The molecule has 0 aliphatic carbocycles. The highest BCUT2D eigenvalue weighted by atomic mass is 16.5. The predicted octanol–water partition coefficient (Wildman–Crippen LogP) is 3.90. The van der Waals surface area contributed by atoms with Crippen LogP contribution in [-0.4, -0.2) is 13.1 Å². The third kappa shape index (κ3) is 4.21. The molecule has 0 aromatic heterocycles. The van der Waals surface area contributed by atoms with Crippen LogP contribution in [0.15, 0.2) is 54.6 Å². The van der Waals surface area contributed by atoms with E-state index in [9.17, 15) is 4.79 Å². The fraction of sp³-hybridized carbons (Fsp3) is 0.167. The van der Waals surface area contributed by atoms with Crippen molar-refractivity contribution in [2.24, 2.45) is 0 Å². The van der Waals surface area contributed by atoms with Crippen molar-refractivity contribution < 1.29 is 14.3 Å². The summed E-state index contributed by atoms with van der Waals surface area (Å²) in [6, 6.07) is 15.4. The Labute approximate surface area is 124 Å². The third-order valence-electron chi connectivity index (χ3n) is 3.04. The molecule has 0 radical (unpaired) electrons. The van der Waals surface area contributed by atoms with Crippen LogP contribution in [0.5, 0.6) is 5.75 Å². The van der Waals surface area contributed by atoms with E-state index in [4.69, 9.17) is 4.74 Å². The quantitative estimate of drug-likeness (QED) is 0.485. The Morgan fingerprint density at radius 1 is 0.905 bits per heavy atom. The van der Waals surface area contributed by atoms with Crippen molar-refractivity contribution in [3.05, 3.63) is 71.3 Å². The van der Waals surface area contributed by atoms with E-state index < -0.39 is 5.97 Å². The minimum atomic E-state index is -0.447. The maximum atomic E-state index is 11.5. The van der Waals surface area contributed by atoms with Gasteiger partial charge in [-0.3, -0.25) is 0 Å². The van der Waals surface area contributed by atoms with Gasteiger partial charge in [0.1, 0.15) is 11.5 Å². The third-order valence-corrected chi connectivity index (χ3v) is 3.04. The van der Waals surface area contributed by atoms with Crippen molar-refractivity contribution >= 4 is 11.7 Å². The summed E-state index contributed by atoms with van der Waals surface area (Å²) in [4.78, 5) is 11.5. The Hall–Kier alpha value is -2.55. The largest absolute Gasteiger partial charge is 0.466 e. The average Bonchev–Trinajstić information content (AvgIpc) is 2.49. The van der Waals surface area contributed by atoms with E-state index in [0.29, 0.717) is 11.5 Å².